The first-order valence-electron chi connectivity index (χ1n) is 6.05. The van der Waals surface area contributed by atoms with Gasteiger partial charge in [-0.1, -0.05) is 18.2 Å². The van der Waals surface area contributed by atoms with Crippen molar-refractivity contribution < 1.29 is 14.6 Å². The van der Waals surface area contributed by atoms with Crippen molar-refractivity contribution in [2.24, 2.45) is 0 Å². The van der Waals surface area contributed by atoms with E-state index in [0.717, 1.165) is 5.39 Å². The predicted molar refractivity (Wildman–Crippen MR) is 80.7 cm³/mol. The maximum atomic E-state index is 11.3. The molecule has 0 aliphatic heterocycles. The van der Waals surface area contributed by atoms with E-state index in [1.165, 1.54) is 12.3 Å². The molecule has 3 aromatic rings. The normalized spacial score (nSPS) is 10.5. The van der Waals surface area contributed by atoms with Gasteiger partial charge in [-0.05, 0) is 34.1 Å². The topological polar surface area (TPSA) is 72.3 Å². The lowest BCUT2D eigenvalue weighted by Crippen LogP contribution is -2.02. The number of pyridine rings is 2. The largest absolute Gasteiger partial charge is 0.477 e. The van der Waals surface area contributed by atoms with Gasteiger partial charge in [0, 0.05) is 22.3 Å². The zero-order valence-electron chi connectivity index (χ0n) is 10.7. The van der Waals surface area contributed by atoms with Crippen molar-refractivity contribution in [1.29, 1.82) is 0 Å². The van der Waals surface area contributed by atoms with Crippen LogP contribution in [-0.4, -0.2) is 21.0 Å². The first-order valence-corrected chi connectivity index (χ1v) is 6.85. The Hall–Kier alpha value is -2.47. The van der Waals surface area contributed by atoms with Gasteiger partial charge in [0.25, 0.3) is 0 Å². The highest BCUT2D eigenvalue weighted by atomic mass is 79.9. The van der Waals surface area contributed by atoms with E-state index in [0.29, 0.717) is 15.7 Å². The number of aromatic carboxylic acids is 1. The van der Waals surface area contributed by atoms with E-state index < -0.39 is 5.97 Å². The van der Waals surface area contributed by atoms with Crippen molar-refractivity contribution in [2.45, 2.75) is 0 Å². The number of hydrogen-bond donors (Lipinski definition) is 1. The third kappa shape index (κ3) is 2.71. The SMILES string of the molecule is O=C(O)c1cc(Br)cnc1Oc1cccc2cccnc12. The molecule has 0 radical (unpaired) electrons. The van der Waals surface area contributed by atoms with Crippen LogP contribution in [0.2, 0.25) is 0 Å². The van der Waals surface area contributed by atoms with Gasteiger partial charge in [-0.15, -0.1) is 0 Å². The fourth-order valence-corrected chi connectivity index (χ4v) is 2.26. The van der Waals surface area contributed by atoms with Gasteiger partial charge in [-0.2, -0.15) is 0 Å². The van der Waals surface area contributed by atoms with E-state index in [-0.39, 0.29) is 11.4 Å². The summed E-state index contributed by atoms with van der Waals surface area (Å²) in [6.07, 6.45) is 3.14. The molecule has 1 N–H and O–H groups in total. The van der Waals surface area contributed by atoms with Gasteiger partial charge in [0.1, 0.15) is 11.1 Å². The molecule has 0 aliphatic carbocycles. The highest BCUT2D eigenvalue weighted by Gasteiger charge is 2.15. The molecule has 0 saturated carbocycles. The number of carboxylic acid groups (broad SMARTS) is 1. The summed E-state index contributed by atoms with van der Waals surface area (Å²) < 4.78 is 6.24. The van der Waals surface area contributed by atoms with Gasteiger partial charge >= 0.3 is 5.97 Å². The Balaban J connectivity index is 2.09. The first kappa shape index (κ1) is 13.5. The van der Waals surface area contributed by atoms with Gasteiger partial charge in [-0.25, -0.2) is 9.78 Å². The van der Waals surface area contributed by atoms with Crippen LogP contribution < -0.4 is 4.74 Å². The molecule has 21 heavy (non-hydrogen) atoms. The Kier molecular flexibility index (Phi) is 3.53. The predicted octanol–water partition coefficient (Wildman–Crippen LogP) is 3.88. The van der Waals surface area contributed by atoms with Gasteiger partial charge in [0.2, 0.25) is 5.88 Å². The average molecular weight is 345 g/mol. The third-order valence-corrected chi connectivity index (χ3v) is 3.28. The van der Waals surface area contributed by atoms with Crippen LogP contribution in [0, 0.1) is 0 Å². The molecule has 2 aromatic heterocycles. The van der Waals surface area contributed by atoms with Crippen LogP contribution in [0.15, 0.2) is 53.3 Å². The van der Waals surface area contributed by atoms with Crippen LogP contribution >= 0.6 is 15.9 Å². The Morgan fingerprint density at radius 2 is 2.00 bits per heavy atom. The molecule has 0 amide bonds. The monoisotopic (exact) mass is 344 g/mol. The zero-order valence-corrected chi connectivity index (χ0v) is 12.2. The molecular weight excluding hydrogens is 336 g/mol. The molecule has 1 aromatic carbocycles. The molecule has 6 heteroatoms. The molecule has 0 aliphatic rings. The van der Waals surface area contributed by atoms with Gasteiger partial charge in [0.05, 0.1) is 0 Å². The van der Waals surface area contributed by atoms with E-state index >= 15 is 0 Å². The van der Waals surface area contributed by atoms with Crippen LogP contribution in [0.4, 0.5) is 0 Å². The zero-order chi connectivity index (χ0) is 14.8. The Labute approximate surface area is 128 Å². The van der Waals surface area contributed by atoms with Crippen molar-refractivity contribution >= 4 is 32.8 Å². The maximum absolute atomic E-state index is 11.3. The van der Waals surface area contributed by atoms with Gasteiger partial charge in [0.15, 0.2) is 5.75 Å². The van der Waals surface area contributed by atoms with E-state index in [1.807, 2.05) is 24.3 Å². The van der Waals surface area contributed by atoms with Gasteiger partial charge < -0.3 is 9.84 Å². The quantitative estimate of drug-likeness (QED) is 0.780. The summed E-state index contributed by atoms with van der Waals surface area (Å²) >= 11 is 3.20. The Morgan fingerprint density at radius 1 is 1.19 bits per heavy atom. The van der Waals surface area contributed by atoms with Crippen LogP contribution in [0.1, 0.15) is 10.4 Å². The number of para-hydroxylation sites is 1. The minimum atomic E-state index is -1.10. The minimum Gasteiger partial charge on any atom is -0.477 e. The summed E-state index contributed by atoms with van der Waals surface area (Å²) in [6.45, 7) is 0. The molecule has 0 bridgehead atoms. The highest BCUT2D eigenvalue weighted by Crippen LogP contribution is 2.30. The van der Waals surface area contributed by atoms with E-state index in [4.69, 9.17) is 4.74 Å². The smallest absolute Gasteiger partial charge is 0.341 e. The molecule has 5 nitrogen and oxygen atoms in total. The summed E-state index contributed by atoms with van der Waals surface area (Å²) in [5.41, 5.74) is 0.637. The van der Waals surface area contributed by atoms with Crippen molar-refractivity contribution in [3.05, 3.63) is 58.8 Å². The number of nitrogens with zero attached hydrogens (tertiary/aromatic N) is 2. The third-order valence-electron chi connectivity index (χ3n) is 2.85. The molecule has 104 valence electrons. The average Bonchev–Trinajstić information content (AvgIpc) is 2.49. The standard InChI is InChI=1S/C15H9BrN2O3/c16-10-7-11(15(19)20)14(18-8-10)21-12-5-1-3-9-4-2-6-17-13(9)12/h1-8H,(H,19,20). The molecule has 0 atom stereocenters. The highest BCUT2D eigenvalue weighted by molar-refractivity contribution is 9.10. The second-order valence-electron chi connectivity index (χ2n) is 4.24. The van der Waals surface area contributed by atoms with Gasteiger partial charge in [-0.3, -0.25) is 4.98 Å². The lowest BCUT2D eigenvalue weighted by molar-refractivity contribution is 0.0693. The number of benzene rings is 1. The number of hydrogen-bond acceptors (Lipinski definition) is 4. The molecule has 2 heterocycles. The fourth-order valence-electron chi connectivity index (χ4n) is 1.92. The molecule has 0 unspecified atom stereocenters. The number of carboxylic acids is 1. The number of halogens is 1. The minimum absolute atomic E-state index is 0.0164. The van der Waals surface area contributed by atoms with Crippen molar-refractivity contribution in [2.75, 3.05) is 0 Å². The van der Waals surface area contributed by atoms with Crippen LogP contribution in [-0.2, 0) is 0 Å². The number of fused-ring (bicyclic) bond motifs is 1. The second-order valence-corrected chi connectivity index (χ2v) is 5.16. The molecule has 0 spiro atoms. The molecular formula is C15H9BrN2O3. The summed E-state index contributed by atoms with van der Waals surface area (Å²) in [7, 11) is 0. The molecule has 0 fully saturated rings. The molecule has 0 saturated heterocycles. The second kappa shape index (κ2) is 5.49. The number of rotatable bonds is 3. The fraction of sp³-hybridized carbons (Fsp3) is 0. The molecule has 3 rings (SSSR count). The number of carbonyl (C=O) groups is 1. The van der Waals surface area contributed by atoms with Crippen molar-refractivity contribution in [3.8, 4) is 11.6 Å². The summed E-state index contributed by atoms with van der Waals surface area (Å²) in [6, 6.07) is 10.6. The van der Waals surface area contributed by atoms with Crippen LogP contribution in [0.25, 0.3) is 10.9 Å². The van der Waals surface area contributed by atoms with E-state index in [2.05, 4.69) is 25.9 Å². The van der Waals surface area contributed by atoms with Crippen molar-refractivity contribution in [3.63, 3.8) is 0 Å². The van der Waals surface area contributed by atoms with Crippen molar-refractivity contribution in [1.82, 2.24) is 9.97 Å². The number of aromatic nitrogens is 2. The lowest BCUT2D eigenvalue weighted by Gasteiger charge is -2.09. The Morgan fingerprint density at radius 3 is 2.81 bits per heavy atom. The first-order chi connectivity index (χ1) is 10.1. The van der Waals surface area contributed by atoms with Crippen LogP contribution in [0.3, 0.4) is 0 Å². The number of ether oxygens (including phenoxy) is 1. The van der Waals surface area contributed by atoms with E-state index in [9.17, 15) is 9.90 Å². The summed E-state index contributed by atoms with van der Waals surface area (Å²) in [5, 5.41) is 10.1. The van der Waals surface area contributed by atoms with Crippen LogP contribution in [0.5, 0.6) is 11.6 Å². The van der Waals surface area contributed by atoms with E-state index in [1.54, 1.807) is 12.3 Å². The summed E-state index contributed by atoms with van der Waals surface area (Å²) in [4.78, 5) is 19.6. The lowest BCUT2D eigenvalue weighted by atomic mass is 10.2. The Bertz CT molecular complexity index is 831. The maximum Gasteiger partial charge on any atom is 0.341 e. The summed E-state index contributed by atoms with van der Waals surface area (Å²) in [5.74, 6) is -0.610.